The van der Waals surface area contributed by atoms with E-state index in [1.807, 2.05) is 11.9 Å². The van der Waals surface area contributed by atoms with Crippen LogP contribution in [0.4, 0.5) is 10.9 Å². The number of carbonyl (C=O) groups is 3. The number of carboxylic acids is 2. The summed E-state index contributed by atoms with van der Waals surface area (Å²) < 4.78 is 0. The fourth-order valence-corrected chi connectivity index (χ4v) is 3.99. The molecule has 3 rings (SSSR count). The van der Waals surface area contributed by atoms with Gasteiger partial charge in [-0.1, -0.05) is 0 Å². The highest BCUT2D eigenvalue weighted by Gasteiger charge is 2.23. The summed E-state index contributed by atoms with van der Waals surface area (Å²) in [5, 5.41) is 31.6. The topological polar surface area (TPSA) is 195 Å². The van der Waals surface area contributed by atoms with Crippen molar-refractivity contribution in [3.63, 3.8) is 0 Å². The third kappa shape index (κ3) is 5.24. The Morgan fingerprint density at radius 1 is 1.28 bits per heavy atom. The quantitative estimate of drug-likeness (QED) is 0.253. The van der Waals surface area contributed by atoms with Crippen molar-refractivity contribution in [2.24, 2.45) is 0 Å². The number of thiophene rings is 1. The van der Waals surface area contributed by atoms with E-state index in [0.717, 1.165) is 10.6 Å². The molecule has 3 heterocycles. The zero-order valence-corrected chi connectivity index (χ0v) is 17.8. The van der Waals surface area contributed by atoms with Gasteiger partial charge in [0.05, 0.1) is 15.3 Å². The van der Waals surface area contributed by atoms with Crippen LogP contribution in [0.25, 0.3) is 11.0 Å². The largest absolute Gasteiger partial charge is 0.493 e. The van der Waals surface area contributed by atoms with Crippen molar-refractivity contribution >= 4 is 51.2 Å². The van der Waals surface area contributed by atoms with Gasteiger partial charge in [-0.3, -0.25) is 9.59 Å². The first-order valence-corrected chi connectivity index (χ1v) is 10.4. The highest BCUT2D eigenvalue weighted by Crippen LogP contribution is 2.28. The molecular formula is C19H22N6O6S. The van der Waals surface area contributed by atoms with Crippen LogP contribution in [-0.2, 0) is 16.0 Å². The van der Waals surface area contributed by atoms with Gasteiger partial charge in [-0.05, 0) is 30.5 Å². The van der Waals surface area contributed by atoms with Crippen molar-refractivity contribution in [2.45, 2.75) is 25.3 Å². The molecule has 0 unspecified atom stereocenters. The van der Waals surface area contributed by atoms with Crippen LogP contribution in [0, 0.1) is 0 Å². The summed E-state index contributed by atoms with van der Waals surface area (Å²) in [6.45, 7) is 0.550. The molecule has 1 atom stereocenters. The summed E-state index contributed by atoms with van der Waals surface area (Å²) >= 11 is 1.18. The molecule has 0 aliphatic carbocycles. The van der Waals surface area contributed by atoms with E-state index >= 15 is 0 Å². The Balaban J connectivity index is 1.63. The fraction of sp³-hybridized carbons (Fsp3) is 0.316. The van der Waals surface area contributed by atoms with Crippen LogP contribution in [0.2, 0.25) is 0 Å². The molecule has 0 fully saturated rings. The number of carbonyl (C=O) groups excluding carboxylic acids is 1. The minimum atomic E-state index is -1.29. The second-order valence-corrected chi connectivity index (χ2v) is 8.11. The Hall–Kier alpha value is -3.87. The number of nitrogens with zero attached hydrogens (tertiary/aromatic N) is 3. The van der Waals surface area contributed by atoms with E-state index in [1.165, 1.54) is 11.3 Å². The number of aromatic amines is 1. The number of rotatable bonds is 10. The third-order valence-electron chi connectivity index (χ3n) is 4.77. The van der Waals surface area contributed by atoms with Gasteiger partial charge in [0.1, 0.15) is 11.7 Å². The summed E-state index contributed by atoms with van der Waals surface area (Å²) in [6.07, 6.45) is 1.70. The number of nitrogens with one attached hydrogen (secondary N) is 2. The Kier molecular flexibility index (Phi) is 6.78. The van der Waals surface area contributed by atoms with Crippen LogP contribution < -0.4 is 16.0 Å². The standard InChI is InChI=1S/C19H22N6O6S/c1-25(7-6-9-8-21-15-14(9)17(29)24-19(20)23-15)12-4-3-11(32-12)16(28)22-10(18(30)31)2-5-13(26)27/h3-4,8,10H,2,5-7H2,1H3,(H,22,28)(H,26,27)(H,30,31)(H4,20,21,23,24,29)/t10-/m0/s1. The smallest absolute Gasteiger partial charge is 0.326 e. The van der Waals surface area contributed by atoms with Crippen LogP contribution in [0.1, 0.15) is 28.1 Å². The third-order valence-corrected chi connectivity index (χ3v) is 5.97. The maximum absolute atomic E-state index is 12.4. The van der Waals surface area contributed by atoms with Gasteiger partial charge in [0.2, 0.25) is 11.8 Å². The average Bonchev–Trinajstić information content (AvgIpc) is 3.36. The number of amides is 1. The van der Waals surface area contributed by atoms with Crippen LogP contribution in [0.5, 0.6) is 5.88 Å². The molecule has 3 aromatic rings. The maximum atomic E-state index is 12.4. The summed E-state index contributed by atoms with van der Waals surface area (Å²) in [7, 11) is 1.84. The van der Waals surface area contributed by atoms with E-state index in [0.29, 0.717) is 28.9 Å². The number of aromatic nitrogens is 3. The zero-order valence-electron chi connectivity index (χ0n) is 17.0. The molecular weight excluding hydrogens is 440 g/mol. The molecule has 0 saturated carbocycles. The summed E-state index contributed by atoms with van der Waals surface area (Å²) in [5.74, 6) is -3.23. The molecule has 0 aromatic carbocycles. The van der Waals surface area contributed by atoms with Crippen LogP contribution in [0.15, 0.2) is 18.3 Å². The van der Waals surface area contributed by atoms with Gasteiger partial charge < -0.3 is 36.3 Å². The van der Waals surface area contributed by atoms with Crippen LogP contribution in [0.3, 0.4) is 0 Å². The molecule has 0 radical (unpaired) electrons. The monoisotopic (exact) mass is 462 g/mol. The number of nitrogens with two attached hydrogens (primary N) is 1. The molecule has 12 nitrogen and oxygen atoms in total. The first-order valence-electron chi connectivity index (χ1n) is 9.54. The van der Waals surface area contributed by atoms with Crippen LogP contribution >= 0.6 is 11.3 Å². The van der Waals surface area contributed by atoms with E-state index in [2.05, 4.69) is 20.3 Å². The van der Waals surface area contributed by atoms with E-state index in [1.54, 1.807) is 18.3 Å². The van der Waals surface area contributed by atoms with Crippen molar-refractivity contribution in [3.05, 3.63) is 28.8 Å². The lowest BCUT2D eigenvalue weighted by molar-refractivity contribution is -0.140. The van der Waals surface area contributed by atoms with Gasteiger partial charge in [0, 0.05) is 26.2 Å². The number of likely N-dealkylation sites (N-methyl/N-ethyl adjacent to an activating group) is 1. The summed E-state index contributed by atoms with van der Waals surface area (Å²) in [6, 6.07) is 2.03. The molecule has 13 heteroatoms. The van der Waals surface area contributed by atoms with Crippen molar-refractivity contribution in [1.82, 2.24) is 20.3 Å². The van der Waals surface area contributed by atoms with Gasteiger partial charge >= 0.3 is 11.9 Å². The summed E-state index contributed by atoms with van der Waals surface area (Å²) in [5.41, 5.74) is 6.79. The number of hydrogen-bond acceptors (Lipinski definition) is 9. The van der Waals surface area contributed by atoms with Crippen molar-refractivity contribution in [1.29, 1.82) is 0 Å². The number of H-pyrrole nitrogens is 1. The Morgan fingerprint density at radius 2 is 2.03 bits per heavy atom. The minimum Gasteiger partial charge on any atom is -0.493 e. The molecule has 0 aliphatic heterocycles. The van der Waals surface area contributed by atoms with Crippen LogP contribution in [-0.4, -0.2) is 67.8 Å². The predicted molar refractivity (Wildman–Crippen MR) is 117 cm³/mol. The van der Waals surface area contributed by atoms with E-state index in [-0.39, 0.29) is 24.7 Å². The number of anilines is 2. The minimum absolute atomic E-state index is 0.0296. The first-order chi connectivity index (χ1) is 15.2. The second-order valence-electron chi connectivity index (χ2n) is 7.05. The molecule has 170 valence electrons. The van der Waals surface area contributed by atoms with Gasteiger partial charge in [-0.25, -0.2) is 4.79 Å². The van der Waals surface area contributed by atoms with E-state index < -0.39 is 23.9 Å². The highest BCUT2D eigenvalue weighted by atomic mass is 32.1. The Bertz CT molecular complexity index is 1160. The zero-order chi connectivity index (χ0) is 23.4. The Labute approximate surface area is 185 Å². The van der Waals surface area contributed by atoms with Gasteiger partial charge in [-0.2, -0.15) is 9.97 Å². The molecule has 32 heavy (non-hydrogen) atoms. The number of aromatic hydroxyl groups is 1. The molecule has 3 aromatic heterocycles. The van der Waals surface area contributed by atoms with Crippen molar-refractivity contribution in [2.75, 3.05) is 24.2 Å². The summed E-state index contributed by atoms with van der Waals surface area (Å²) in [4.78, 5) is 47.4. The van der Waals surface area contributed by atoms with Crippen molar-refractivity contribution in [3.8, 4) is 5.88 Å². The molecule has 0 aliphatic rings. The average molecular weight is 462 g/mol. The van der Waals surface area contributed by atoms with Gasteiger partial charge in [-0.15, -0.1) is 11.3 Å². The predicted octanol–water partition coefficient (Wildman–Crippen LogP) is 1.03. The normalized spacial score (nSPS) is 11.9. The van der Waals surface area contributed by atoms with Gasteiger partial charge in [0.25, 0.3) is 5.91 Å². The lowest BCUT2D eigenvalue weighted by Crippen LogP contribution is -2.40. The molecule has 1 amide bonds. The molecule has 0 spiro atoms. The lowest BCUT2D eigenvalue weighted by atomic mass is 10.1. The lowest BCUT2D eigenvalue weighted by Gasteiger charge is -2.16. The second kappa shape index (κ2) is 9.51. The van der Waals surface area contributed by atoms with Gasteiger partial charge in [0.15, 0.2) is 0 Å². The molecule has 0 bridgehead atoms. The number of carboxylic acid groups (broad SMARTS) is 2. The van der Waals surface area contributed by atoms with Crippen molar-refractivity contribution < 1.29 is 29.7 Å². The fourth-order valence-electron chi connectivity index (χ4n) is 3.10. The highest BCUT2D eigenvalue weighted by molar-refractivity contribution is 7.18. The number of aliphatic carboxylic acids is 2. The number of fused-ring (bicyclic) bond motifs is 1. The van der Waals surface area contributed by atoms with E-state index in [9.17, 15) is 24.6 Å². The molecule has 7 N–H and O–H groups in total. The number of nitrogen functional groups attached to an aromatic ring is 1. The molecule has 0 saturated heterocycles. The SMILES string of the molecule is CN(CCc1c[nH]c2nc(N)nc(O)c12)c1ccc(C(=O)N[C@@H](CCC(=O)O)C(=O)O)s1. The number of hydrogen-bond donors (Lipinski definition) is 6. The first kappa shape index (κ1) is 22.8. The Morgan fingerprint density at radius 3 is 2.72 bits per heavy atom. The van der Waals surface area contributed by atoms with E-state index in [4.69, 9.17) is 10.8 Å². The maximum Gasteiger partial charge on any atom is 0.326 e.